The lowest BCUT2D eigenvalue weighted by Gasteiger charge is -2.48. The average Bonchev–Trinajstić information content (AvgIpc) is 2.85. The number of anilines is 1. The predicted octanol–water partition coefficient (Wildman–Crippen LogP) is 3.13. The number of hydrogen-bond donors (Lipinski definition) is 3. The van der Waals surface area contributed by atoms with Crippen molar-refractivity contribution >= 4 is 17.5 Å². The van der Waals surface area contributed by atoms with Gasteiger partial charge in [0.2, 0.25) is 5.91 Å². The van der Waals surface area contributed by atoms with Crippen LogP contribution in [0.5, 0.6) is 0 Å². The fourth-order valence-corrected chi connectivity index (χ4v) is 5.09. The molecule has 200 valence electrons. The van der Waals surface area contributed by atoms with Crippen molar-refractivity contribution in [3.8, 4) is 0 Å². The molecule has 1 aliphatic carbocycles. The molecule has 0 aromatic heterocycles. The first kappa shape index (κ1) is 26.9. The molecule has 10 heteroatoms. The first-order valence-corrected chi connectivity index (χ1v) is 12.4. The third-order valence-electron chi connectivity index (χ3n) is 7.34. The molecule has 4 rings (SSSR count). The lowest BCUT2D eigenvalue weighted by Crippen LogP contribution is -2.63. The quantitative estimate of drug-likeness (QED) is 0.525. The summed E-state index contributed by atoms with van der Waals surface area (Å²) in [5, 5.41) is 16.5. The summed E-state index contributed by atoms with van der Waals surface area (Å²) >= 11 is 0. The number of benzene rings is 2. The van der Waals surface area contributed by atoms with Gasteiger partial charge in [-0.1, -0.05) is 18.2 Å². The summed E-state index contributed by atoms with van der Waals surface area (Å²) < 4.78 is 38.5. The molecule has 2 amide bonds. The van der Waals surface area contributed by atoms with Crippen molar-refractivity contribution in [2.45, 2.75) is 49.5 Å². The van der Waals surface area contributed by atoms with Crippen LogP contribution in [0.25, 0.3) is 0 Å². The Labute approximate surface area is 214 Å². The third-order valence-corrected chi connectivity index (χ3v) is 7.34. The number of likely N-dealkylation sites (tertiary alicyclic amines) is 1. The summed E-state index contributed by atoms with van der Waals surface area (Å²) in [5.74, 6) is -1.12. The largest absolute Gasteiger partial charge is 0.416 e. The maximum Gasteiger partial charge on any atom is 0.416 e. The van der Waals surface area contributed by atoms with E-state index in [1.165, 1.54) is 6.07 Å². The predicted molar refractivity (Wildman–Crippen MR) is 134 cm³/mol. The van der Waals surface area contributed by atoms with Gasteiger partial charge >= 0.3 is 6.18 Å². The Morgan fingerprint density at radius 3 is 2.41 bits per heavy atom. The number of amides is 2. The van der Waals surface area contributed by atoms with Crippen LogP contribution in [0.15, 0.2) is 48.5 Å². The Balaban J connectivity index is 1.19. The zero-order chi connectivity index (χ0) is 26.8. The summed E-state index contributed by atoms with van der Waals surface area (Å²) in [6.45, 7) is 1.06. The number of aliphatic hydroxyl groups is 1. The van der Waals surface area contributed by atoms with Gasteiger partial charge in [-0.3, -0.25) is 14.5 Å². The molecule has 0 bridgehead atoms. The maximum absolute atomic E-state index is 12.8. The van der Waals surface area contributed by atoms with Crippen LogP contribution in [0, 0.1) is 0 Å². The molecular weight excluding hydrogens is 485 g/mol. The normalized spacial score (nSPS) is 22.7. The second kappa shape index (κ2) is 10.7. The van der Waals surface area contributed by atoms with Gasteiger partial charge in [0.05, 0.1) is 23.8 Å². The zero-order valence-electron chi connectivity index (χ0n) is 21.0. The van der Waals surface area contributed by atoms with E-state index in [1.807, 2.05) is 43.3 Å². The highest BCUT2D eigenvalue weighted by atomic mass is 19.4. The molecular formula is C27H33F3N4O3. The van der Waals surface area contributed by atoms with E-state index in [4.69, 9.17) is 0 Å². The number of rotatable bonds is 7. The van der Waals surface area contributed by atoms with Crippen molar-refractivity contribution in [3.05, 3.63) is 65.2 Å². The number of carbonyl (C=O) groups is 2. The minimum atomic E-state index is -4.54. The number of hydrogen-bond acceptors (Lipinski definition) is 5. The monoisotopic (exact) mass is 518 g/mol. The summed E-state index contributed by atoms with van der Waals surface area (Å²) in [6, 6.07) is 12.4. The molecule has 2 aliphatic rings. The van der Waals surface area contributed by atoms with Crippen molar-refractivity contribution in [2.75, 3.05) is 38.6 Å². The summed E-state index contributed by atoms with van der Waals surface area (Å²) in [7, 11) is 3.95. The molecule has 1 aliphatic heterocycles. The van der Waals surface area contributed by atoms with E-state index in [0.29, 0.717) is 32.0 Å². The molecule has 0 radical (unpaired) electrons. The first-order valence-electron chi connectivity index (χ1n) is 12.4. The van der Waals surface area contributed by atoms with Gasteiger partial charge in [0, 0.05) is 44.5 Å². The van der Waals surface area contributed by atoms with E-state index >= 15 is 0 Å². The van der Waals surface area contributed by atoms with Gasteiger partial charge < -0.3 is 20.6 Å². The van der Waals surface area contributed by atoms with Crippen LogP contribution < -0.4 is 15.5 Å². The lowest BCUT2D eigenvalue weighted by atomic mass is 9.76. The average molecular weight is 519 g/mol. The molecule has 1 saturated carbocycles. The van der Waals surface area contributed by atoms with Gasteiger partial charge in [-0.15, -0.1) is 0 Å². The number of nitrogens with one attached hydrogen (secondary N) is 2. The molecule has 3 N–H and O–H groups in total. The molecule has 37 heavy (non-hydrogen) atoms. The number of alkyl halides is 3. The van der Waals surface area contributed by atoms with Crippen molar-refractivity contribution in [2.24, 2.45) is 0 Å². The smallest absolute Gasteiger partial charge is 0.385 e. The van der Waals surface area contributed by atoms with Crippen molar-refractivity contribution in [3.63, 3.8) is 0 Å². The standard InChI is InChI=1S/C27H33F3N4O3/c1-33(2)23-8-4-6-19(14-23)26(37)11-9-22(10-12-26)34-16-21(17-34)32-24(35)15-31-25(36)18-5-3-7-20(13-18)27(28,29)30/h3-8,13-14,21-22,37H,9-12,15-17H2,1-2H3,(H,31,36)(H,32,35). The summed E-state index contributed by atoms with van der Waals surface area (Å²) in [4.78, 5) is 28.7. The molecule has 2 aromatic carbocycles. The highest BCUT2D eigenvalue weighted by molar-refractivity contribution is 5.96. The van der Waals surface area contributed by atoms with Crippen LogP contribution in [0.3, 0.4) is 0 Å². The van der Waals surface area contributed by atoms with Crippen LogP contribution in [-0.2, 0) is 16.6 Å². The van der Waals surface area contributed by atoms with Crippen LogP contribution in [-0.4, -0.2) is 67.6 Å². The highest BCUT2D eigenvalue weighted by Gasteiger charge is 2.40. The fraction of sp³-hybridized carbons (Fsp3) is 0.481. The van der Waals surface area contributed by atoms with E-state index in [-0.39, 0.29) is 24.1 Å². The zero-order valence-corrected chi connectivity index (χ0v) is 21.0. The van der Waals surface area contributed by atoms with Gasteiger partial charge in [-0.2, -0.15) is 13.2 Å². The second-order valence-corrected chi connectivity index (χ2v) is 10.2. The Bertz CT molecular complexity index is 1120. The van der Waals surface area contributed by atoms with Crippen LogP contribution in [0.1, 0.15) is 47.2 Å². The van der Waals surface area contributed by atoms with E-state index in [0.717, 1.165) is 42.3 Å². The Kier molecular flexibility index (Phi) is 7.80. The van der Waals surface area contributed by atoms with Crippen LogP contribution >= 0.6 is 0 Å². The molecule has 7 nitrogen and oxygen atoms in total. The van der Waals surface area contributed by atoms with E-state index in [1.54, 1.807) is 0 Å². The minimum absolute atomic E-state index is 0.0458. The molecule has 0 spiro atoms. The van der Waals surface area contributed by atoms with Crippen LogP contribution in [0.2, 0.25) is 0 Å². The minimum Gasteiger partial charge on any atom is -0.385 e. The Hall–Kier alpha value is -3.11. The maximum atomic E-state index is 12.8. The van der Waals surface area contributed by atoms with Crippen molar-refractivity contribution < 1.29 is 27.9 Å². The molecule has 2 aromatic rings. The second-order valence-electron chi connectivity index (χ2n) is 10.2. The molecule has 1 saturated heterocycles. The SMILES string of the molecule is CN(C)c1cccc(C2(O)CCC(N3CC(NC(=O)CNC(=O)c4cccc(C(F)(F)F)c4)C3)CC2)c1. The van der Waals surface area contributed by atoms with Gasteiger partial charge in [-0.05, 0) is 61.6 Å². The van der Waals surface area contributed by atoms with E-state index in [2.05, 4.69) is 15.5 Å². The van der Waals surface area contributed by atoms with Gasteiger partial charge in [0.1, 0.15) is 0 Å². The summed E-state index contributed by atoms with van der Waals surface area (Å²) in [6.07, 6.45) is -1.49. The molecule has 2 fully saturated rings. The Morgan fingerprint density at radius 2 is 1.76 bits per heavy atom. The topological polar surface area (TPSA) is 84.9 Å². The number of carbonyl (C=O) groups excluding carboxylic acids is 2. The fourth-order valence-electron chi connectivity index (χ4n) is 5.09. The third kappa shape index (κ3) is 6.42. The highest BCUT2D eigenvalue weighted by Crippen LogP contribution is 2.40. The molecule has 0 atom stereocenters. The van der Waals surface area contributed by atoms with Crippen molar-refractivity contribution in [1.29, 1.82) is 0 Å². The van der Waals surface area contributed by atoms with E-state index < -0.39 is 23.2 Å². The first-order chi connectivity index (χ1) is 17.4. The number of nitrogens with zero attached hydrogens (tertiary/aromatic N) is 2. The number of halogens is 3. The van der Waals surface area contributed by atoms with Gasteiger partial charge in [0.25, 0.3) is 5.91 Å². The van der Waals surface area contributed by atoms with Gasteiger partial charge in [0.15, 0.2) is 0 Å². The molecule has 1 heterocycles. The Morgan fingerprint density at radius 1 is 1.08 bits per heavy atom. The molecule has 0 unspecified atom stereocenters. The van der Waals surface area contributed by atoms with Crippen LogP contribution in [0.4, 0.5) is 18.9 Å². The van der Waals surface area contributed by atoms with E-state index in [9.17, 15) is 27.9 Å². The van der Waals surface area contributed by atoms with Crippen molar-refractivity contribution in [1.82, 2.24) is 15.5 Å². The lowest BCUT2D eigenvalue weighted by molar-refractivity contribution is -0.137. The van der Waals surface area contributed by atoms with Gasteiger partial charge in [-0.25, -0.2) is 0 Å². The summed E-state index contributed by atoms with van der Waals surface area (Å²) in [5.41, 5.74) is 0.0998.